The molecule has 2 rings (SSSR count). The van der Waals surface area contributed by atoms with Gasteiger partial charge in [0, 0.05) is 19.6 Å². The number of pyridine rings is 1. The van der Waals surface area contributed by atoms with E-state index in [2.05, 4.69) is 16.8 Å². The van der Waals surface area contributed by atoms with E-state index >= 15 is 0 Å². The third-order valence-corrected chi connectivity index (χ3v) is 4.07. The molecule has 1 atom stereocenters. The molecule has 0 spiro atoms. The van der Waals surface area contributed by atoms with Gasteiger partial charge < -0.3 is 4.90 Å². The van der Waals surface area contributed by atoms with Gasteiger partial charge in [-0.2, -0.15) is 0 Å². The molecule has 1 saturated heterocycles. The molecule has 110 valence electrons. The first-order chi connectivity index (χ1) is 9.52. The summed E-state index contributed by atoms with van der Waals surface area (Å²) < 4.78 is 13.2. The summed E-state index contributed by atoms with van der Waals surface area (Å²) in [5, 5.41) is 0.0435. The van der Waals surface area contributed by atoms with Crippen molar-refractivity contribution < 1.29 is 9.18 Å². The molecule has 1 unspecified atom stereocenters. The van der Waals surface area contributed by atoms with Crippen LogP contribution in [0.25, 0.3) is 0 Å². The summed E-state index contributed by atoms with van der Waals surface area (Å²) in [6.07, 6.45) is 3.25. The number of aromatic nitrogens is 1. The Kier molecular flexibility index (Phi) is 4.94. The van der Waals surface area contributed by atoms with Crippen molar-refractivity contribution in [3.8, 4) is 0 Å². The van der Waals surface area contributed by atoms with Crippen LogP contribution in [0.5, 0.6) is 0 Å². The quantitative estimate of drug-likeness (QED) is 0.801. The van der Waals surface area contributed by atoms with Crippen LogP contribution in [-0.2, 0) is 0 Å². The Morgan fingerprint density at radius 3 is 3.10 bits per heavy atom. The maximum atomic E-state index is 13.2. The van der Waals surface area contributed by atoms with Crippen LogP contribution in [0.4, 0.5) is 4.39 Å². The van der Waals surface area contributed by atoms with E-state index in [4.69, 9.17) is 11.6 Å². The standard InChI is InChI=1S/C14H19ClFN3O/c1-3-19-6-4-5-11(19)9-18(2)14(20)12-7-10(16)8-17-13(12)15/h7-8,11H,3-6,9H2,1-2H3. The molecule has 0 radical (unpaired) electrons. The van der Waals surface area contributed by atoms with Crippen LogP contribution >= 0.6 is 11.6 Å². The number of halogens is 2. The monoisotopic (exact) mass is 299 g/mol. The number of nitrogens with zero attached hydrogens (tertiary/aromatic N) is 3. The summed E-state index contributed by atoms with van der Waals surface area (Å²) in [7, 11) is 1.72. The molecule has 1 aromatic rings. The van der Waals surface area contributed by atoms with Crippen molar-refractivity contribution in [2.75, 3.05) is 26.7 Å². The minimum absolute atomic E-state index is 0.0435. The normalized spacial score (nSPS) is 19.3. The lowest BCUT2D eigenvalue weighted by Gasteiger charge is -2.27. The second-order valence-corrected chi connectivity index (χ2v) is 5.46. The van der Waals surface area contributed by atoms with E-state index in [0.717, 1.165) is 38.2 Å². The molecular weight excluding hydrogens is 281 g/mol. The number of hydrogen-bond donors (Lipinski definition) is 0. The molecule has 0 N–H and O–H groups in total. The van der Waals surface area contributed by atoms with Gasteiger partial charge in [-0.15, -0.1) is 0 Å². The van der Waals surface area contributed by atoms with Crippen molar-refractivity contribution in [3.05, 3.63) is 28.8 Å². The number of likely N-dealkylation sites (N-methyl/N-ethyl adjacent to an activating group) is 2. The minimum Gasteiger partial charge on any atom is -0.340 e. The van der Waals surface area contributed by atoms with Gasteiger partial charge in [0.1, 0.15) is 11.0 Å². The van der Waals surface area contributed by atoms with Gasteiger partial charge in [0.25, 0.3) is 5.91 Å². The van der Waals surface area contributed by atoms with Crippen molar-refractivity contribution >= 4 is 17.5 Å². The molecule has 6 heteroatoms. The minimum atomic E-state index is -0.554. The highest BCUT2D eigenvalue weighted by molar-refractivity contribution is 6.32. The number of likely N-dealkylation sites (tertiary alicyclic amines) is 1. The van der Waals surface area contributed by atoms with Crippen LogP contribution in [0.3, 0.4) is 0 Å². The van der Waals surface area contributed by atoms with Gasteiger partial charge in [-0.05, 0) is 32.0 Å². The number of rotatable bonds is 4. The van der Waals surface area contributed by atoms with Crippen LogP contribution < -0.4 is 0 Å². The highest BCUT2D eigenvalue weighted by Crippen LogP contribution is 2.20. The van der Waals surface area contributed by atoms with Gasteiger partial charge in [0.2, 0.25) is 0 Å². The number of amides is 1. The van der Waals surface area contributed by atoms with Gasteiger partial charge in [0.05, 0.1) is 11.8 Å². The fourth-order valence-electron chi connectivity index (χ4n) is 2.70. The first kappa shape index (κ1) is 15.2. The lowest BCUT2D eigenvalue weighted by atomic mass is 10.2. The maximum absolute atomic E-state index is 13.2. The van der Waals surface area contributed by atoms with Gasteiger partial charge >= 0.3 is 0 Å². The topological polar surface area (TPSA) is 36.4 Å². The number of carbonyl (C=O) groups excluding carboxylic acids is 1. The molecule has 1 fully saturated rings. The molecule has 0 saturated carbocycles. The Morgan fingerprint density at radius 2 is 2.40 bits per heavy atom. The fraction of sp³-hybridized carbons (Fsp3) is 0.571. The van der Waals surface area contributed by atoms with E-state index in [1.165, 1.54) is 0 Å². The summed E-state index contributed by atoms with van der Waals surface area (Å²) in [6, 6.07) is 1.51. The molecule has 2 heterocycles. The number of hydrogen-bond acceptors (Lipinski definition) is 3. The first-order valence-corrected chi connectivity index (χ1v) is 7.21. The van der Waals surface area contributed by atoms with Crippen LogP contribution in [0, 0.1) is 5.82 Å². The van der Waals surface area contributed by atoms with Gasteiger partial charge in [0.15, 0.2) is 0 Å². The molecular formula is C14H19ClFN3O. The lowest BCUT2D eigenvalue weighted by Crippen LogP contribution is -2.41. The molecule has 1 aliphatic heterocycles. The van der Waals surface area contributed by atoms with Gasteiger partial charge in [-0.1, -0.05) is 18.5 Å². The smallest absolute Gasteiger partial charge is 0.256 e. The second-order valence-electron chi connectivity index (χ2n) is 5.10. The Morgan fingerprint density at radius 1 is 1.65 bits per heavy atom. The van der Waals surface area contributed by atoms with Crippen molar-refractivity contribution in [2.24, 2.45) is 0 Å². The van der Waals surface area contributed by atoms with E-state index in [1.54, 1.807) is 11.9 Å². The average Bonchev–Trinajstić information content (AvgIpc) is 2.87. The Hall–Kier alpha value is -1.20. The summed E-state index contributed by atoms with van der Waals surface area (Å²) >= 11 is 5.87. The third-order valence-electron chi connectivity index (χ3n) is 3.77. The fourth-order valence-corrected chi connectivity index (χ4v) is 2.88. The molecule has 0 bridgehead atoms. The molecule has 1 aromatic heterocycles. The summed E-state index contributed by atoms with van der Waals surface area (Å²) in [5.74, 6) is -0.841. The Labute approximate surface area is 123 Å². The first-order valence-electron chi connectivity index (χ1n) is 6.83. The SMILES string of the molecule is CCN1CCCC1CN(C)C(=O)c1cc(F)cnc1Cl. The van der Waals surface area contributed by atoms with E-state index in [0.29, 0.717) is 12.6 Å². The summed E-state index contributed by atoms with van der Waals surface area (Å²) in [5.41, 5.74) is 0.121. The summed E-state index contributed by atoms with van der Waals surface area (Å²) in [4.78, 5) is 19.9. The van der Waals surface area contributed by atoms with Crippen LogP contribution in [0.15, 0.2) is 12.3 Å². The van der Waals surface area contributed by atoms with Gasteiger partial charge in [-0.25, -0.2) is 9.37 Å². The van der Waals surface area contributed by atoms with E-state index in [-0.39, 0.29) is 16.6 Å². The predicted octanol–water partition coefficient (Wildman–Crippen LogP) is 2.43. The highest BCUT2D eigenvalue weighted by Gasteiger charge is 2.26. The molecule has 0 aliphatic carbocycles. The summed E-state index contributed by atoms with van der Waals surface area (Å²) in [6.45, 7) is 4.80. The maximum Gasteiger partial charge on any atom is 0.256 e. The Bertz CT molecular complexity index is 497. The van der Waals surface area contributed by atoms with E-state index < -0.39 is 5.82 Å². The average molecular weight is 300 g/mol. The zero-order valence-corrected chi connectivity index (χ0v) is 12.5. The third kappa shape index (κ3) is 3.27. The van der Waals surface area contributed by atoms with E-state index in [9.17, 15) is 9.18 Å². The molecule has 1 amide bonds. The Balaban J connectivity index is 2.07. The molecule has 1 aliphatic rings. The van der Waals surface area contributed by atoms with Crippen LogP contribution in [-0.4, -0.2) is 53.4 Å². The molecule has 20 heavy (non-hydrogen) atoms. The van der Waals surface area contributed by atoms with Crippen molar-refractivity contribution in [1.29, 1.82) is 0 Å². The molecule has 4 nitrogen and oxygen atoms in total. The highest BCUT2D eigenvalue weighted by atomic mass is 35.5. The van der Waals surface area contributed by atoms with Crippen molar-refractivity contribution in [1.82, 2.24) is 14.8 Å². The zero-order valence-electron chi connectivity index (χ0n) is 11.8. The van der Waals surface area contributed by atoms with Crippen molar-refractivity contribution in [2.45, 2.75) is 25.8 Å². The van der Waals surface area contributed by atoms with Crippen LogP contribution in [0.1, 0.15) is 30.1 Å². The van der Waals surface area contributed by atoms with Crippen LogP contribution in [0.2, 0.25) is 5.15 Å². The van der Waals surface area contributed by atoms with E-state index in [1.807, 2.05) is 0 Å². The molecule has 0 aromatic carbocycles. The second kappa shape index (κ2) is 6.50. The van der Waals surface area contributed by atoms with Gasteiger partial charge in [-0.3, -0.25) is 9.69 Å². The lowest BCUT2D eigenvalue weighted by molar-refractivity contribution is 0.0754. The zero-order chi connectivity index (χ0) is 14.7. The largest absolute Gasteiger partial charge is 0.340 e. The predicted molar refractivity (Wildman–Crippen MR) is 76.4 cm³/mol. The van der Waals surface area contributed by atoms with Crippen molar-refractivity contribution in [3.63, 3.8) is 0 Å². The number of carbonyl (C=O) groups is 1.